The molecule has 0 unspecified atom stereocenters. The van der Waals surface area contributed by atoms with Crippen LogP contribution in [0.25, 0.3) is 21.9 Å². The zero-order valence-corrected chi connectivity index (χ0v) is 9.64. The maximum Gasteiger partial charge on any atom is 0.204 e. The molecule has 4 nitrogen and oxygen atoms in total. The highest BCUT2D eigenvalue weighted by Gasteiger charge is 2.11. The van der Waals surface area contributed by atoms with Crippen molar-refractivity contribution in [2.24, 2.45) is 0 Å². The molecule has 0 bridgehead atoms. The fourth-order valence-electron chi connectivity index (χ4n) is 1.99. The topological polar surface area (TPSA) is 59.7 Å². The molecular formula is C14H10O4. The summed E-state index contributed by atoms with van der Waals surface area (Å²) in [5.74, 6) is 0.545. The van der Waals surface area contributed by atoms with Crippen molar-refractivity contribution in [1.82, 2.24) is 0 Å². The van der Waals surface area contributed by atoms with Gasteiger partial charge in [-0.15, -0.1) is 0 Å². The van der Waals surface area contributed by atoms with E-state index >= 15 is 0 Å². The van der Waals surface area contributed by atoms with Crippen LogP contribution in [0, 0.1) is 0 Å². The number of ether oxygens (including phenoxy) is 1. The molecule has 0 radical (unpaired) electrons. The van der Waals surface area contributed by atoms with E-state index in [9.17, 15) is 9.90 Å². The lowest BCUT2D eigenvalue weighted by molar-refractivity contribution is 0.414. The van der Waals surface area contributed by atoms with Crippen molar-refractivity contribution in [3.05, 3.63) is 46.6 Å². The van der Waals surface area contributed by atoms with Crippen molar-refractivity contribution in [2.45, 2.75) is 0 Å². The SMILES string of the molecule is COc1ccc2c(=O)c3c(O)cccc3oc2c1. The van der Waals surface area contributed by atoms with E-state index in [0.29, 0.717) is 22.3 Å². The number of aromatic hydroxyl groups is 1. The van der Waals surface area contributed by atoms with E-state index in [-0.39, 0.29) is 16.6 Å². The Labute approximate surface area is 102 Å². The molecule has 90 valence electrons. The number of hydrogen-bond donors (Lipinski definition) is 1. The minimum atomic E-state index is -0.244. The Morgan fingerprint density at radius 2 is 2.00 bits per heavy atom. The van der Waals surface area contributed by atoms with Crippen molar-refractivity contribution >= 4 is 21.9 Å². The van der Waals surface area contributed by atoms with Gasteiger partial charge >= 0.3 is 0 Å². The second kappa shape index (κ2) is 3.77. The molecule has 0 aliphatic heterocycles. The molecule has 0 fully saturated rings. The minimum Gasteiger partial charge on any atom is -0.507 e. The Kier molecular flexibility index (Phi) is 2.23. The van der Waals surface area contributed by atoms with Gasteiger partial charge in [-0.1, -0.05) is 6.07 Å². The van der Waals surface area contributed by atoms with Crippen LogP contribution in [0.15, 0.2) is 45.6 Å². The second-order valence-electron chi connectivity index (χ2n) is 3.94. The summed E-state index contributed by atoms with van der Waals surface area (Å²) in [4.78, 5) is 12.2. The summed E-state index contributed by atoms with van der Waals surface area (Å²) in [6.07, 6.45) is 0. The third-order valence-corrected chi connectivity index (χ3v) is 2.88. The Bertz CT molecular complexity index is 802. The lowest BCUT2D eigenvalue weighted by atomic mass is 10.1. The van der Waals surface area contributed by atoms with Crippen LogP contribution in [0.1, 0.15) is 0 Å². The van der Waals surface area contributed by atoms with E-state index in [1.807, 2.05) is 0 Å². The van der Waals surface area contributed by atoms with Crippen molar-refractivity contribution < 1.29 is 14.3 Å². The summed E-state index contributed by atoms with van der Waals surface area (Å²) >= 11 is 0. The fourth-order valence-corrected chi connectivity index (χ4v) is 1.99. The average Bonchev–Trinajstić information content (AvgIpc) is 2.38. The first-order valence-corrected chi connectivity index (χ1v) is 5.43. The normalized spacial score (nSPS) is 10.9. The zero-order chi connectivity index (χ0) is 12.7. The Morgan fingerprint density at radius 1 is 1.17 bits per heavy atom. The molecule has 0 atom stereocenters. The molecule has 3 rings (SSSR count). The van der Waals surface area contributed by atoms with Crippen LogP contribution in [0.5, 0.6) is 11.5 Å². The quantitative estimate of drug-likeness (QED) is 0.666. The number of fused-ring (bicyclic) bond motifs is 2. The molecule has 1 N–H and O–H groups in total. The maximum atomic E-state index is 12.2. The van der Waals surface area contributed by atoms with Crippen molar-refractivity contribution in [1.29, 1.82) is 0 Å². The van der Waals surface area contributed by atoms with Gasteiger partial charge in [-0.05, 0) is 24.3 Å². The van der Waals surface area contributed by atoms with Crippen molar-refractivity contribution in [3.63, 3.8) is 0 Å². The van der Waals surface area contributed by atoms with Crippen LogP contribution in [-0.4, -0.2) is 12.2 Å². The standard InChI is InChI=1S/C14H10O4/c1-17-8-5-6-9-12(7-8)18-11-4-2-3-10(15)13(11)14(9)16/h2-7,15H,1H3. The van der Waals surface area contributed by atoms with Crippen molar-refractivity contribution in [2.75, 3.05) is 7.11 Å². The predicted octanol–water partition coefficient (Wildman–Crippen LogP) is 2.66. The first-order valence-electron chi connectivity index (χ1n) is 5.43. The first-order chi connectivity index (χ1) is 8.70. The summed E-state index contributed by atoms with van der Waals surface area (Å²) in [7, 11) is 1.55. The monoisotopic (exact) mass is 242 g/mol. The van der Waals surface area contributed by atoms with Gasteiger partial charge in [0, 0.05) is 6.07 Å². The smallest absolute Gasteiger partial charge is 0.204 e. The van der Waals surface area contributed by atoms with E-state index in [1.165, 1.54) is 6.07 Å². The Hall–Kier alpha value is -2.49. The third kappa shape index (κ3) is 1.43. The Balaban J connectivity index is 2.52. The average molecular weight is 242 g/mol. The summed E-state index contributed by atoms with van der Waals surface area (Å²) in [6, 6.07) is 9.72. The lowest BCUT2D eigenvalue weighted by Crippen LogP contribution is -2.02. The molecule has 1 aromatic heterocycles. The molecule has 18 heavy (non-hydrogen) atoms. The van der Waals surface area contributed by atoms with Gasteiger partial charge in [0.25, 0.3) is 0 Å². The maximum absolute atomic E-state index is 12.2. The van der Waals surface area contributed by atoms with Crippen LogP contribution in [-0.2, 0) is 0 Å². The van der Waals surface area contributed by atoms with Crippen LogP contribution < -0.4 is 10.2 Å². The molecule has 0 saturated heterocycles. The van der Waals surface area contributed by atoms with Gasteiger partial charge in [-0.2, -0.15) is 0 Å². The summed E-state index contributed by atoms with van der Waals surface area (Å²) in [6.45, 7) is 0. The van der Waals surface area contributed by atoms with Crippen molar-refractivity contribution in [3.8, 4) is 11.5 Å². The van der Waals surface area contributed by atoms with Crippen LogP contribution in [0.3, 0.4) is 0 Å². The van der Waals surface area contributed by atoms with E-state index in [0.717, 1.165) is 0 Å². The van der Waals surface area contributed by atoms with Gasteiger partial charge in [0.2, 0.25) is 5.43 Å². The highest BCUT2D eigenvalue weighted by atomic mass is 16.5. The van der Waals surface area contributed by atoms with Gasteiger partial charge in [0.05, 0.1) is 12.5 Å². The summed E-state index contributed by atoms with van der Waals surface area (Å²) < 4.78 is 10.7. The van der Waals surface area contributed by atoms with Gasteiger partial charge in [0.1, 0.15) is 28.1 Å². The summed E-state index contributed by atoms with van der Waals surface area (Å²) in [5.41, 5.74) is 0.560. The van der Waals surface area contributed by atoms with Gasteiger partial charge in [0.15, 0.2) is 0 Å². The molecule has 0 aliphatic rings. The van der Waals surface area contributed by atoms with Gasteiger partial charge in [-0.3, -0.25) is 4.79 Å². The second-order valence-corrected chi connectivity index (χ2v) is 3.94. The highest BCUT2D eigenvalue weighted by molar-refractivity contribution is 5.93. The molecule has 3 aromatic rings. The number of phenols is 1. The van der Waals surface area contributed by atoms with Gasteiger partial charge in [-0.25, -0.2) is 0 Å². The molecular weight excluding hydrogens is 232 g/mol. The van der Waals surface area contributed by atoms with Gasteiger partial charge < -0.3 is 14.3 Å². The fraction of sp³-hybridized carbons (Fsp3) is 0.0714. The molecule has 0 spiro atoms. The number of rotatable bonds is 1. The highest BCUT2D eigenvalue weighted by Crippen LogP contribution is 2.26. The third-order valence-electron chi connectivity index (χ3n) is 2.88. The van der Waals surface area contributed by atoms with E-state index < -0.39 is 0 Å². The van der Waals surface area contributed by atoms with Crippen LogP contribution in [0.4, 0.5) is 0 Å². The number of benzene rings is 2. The van der Waals surface area contributed by atoms with E-state index in [4.69, 9.17) is 9.15 Å². The minimum absolute atomic E-state index is 0.0704. The summed E-state index contributed by atoms with van der Waals surface area (Å²) in [5, 5.41) is 10.4. The zero-order valence-electron chi connectivity index (χ0n) is 9.64. The molecule has 4 heteroatoms. The molecule has 0 saturated carbocycles. The largest absolute Gasteiger partial charge is 0.507 e. The van der Waals surface area contributed by atoms with Crippen LogP contribution >= 0.6 is 0 Å². The molecule has 0 aliphatic carbocycles. The molecule has 0 amide bonds. The Morgan fingerprint density at radius 3 is 2.78 bits per heavy atom. The number of phenolic OH excluding ortho intramolecular Hbond substituents is 1. The lowest BCUT2D eigenvalue weighted by Gasteiger charge is -2.04. The van der Waals surface area contributed by atoms with E-state index in [2.05, 4.69) is 0 Å². The van der Waals surface area contributed by atoms with Crippen LogP contribution in [0.2, 0.25) is 0 Å². The number of hydrogen-bond acceptors (Lipinski definition) is 4. The molecule has 1 heterocycles. The molecule has 2 aromatic carbocycles. The first kappa shape index (κ1) is 10.7. The number of methoxy groups -OCH3 is 1. The predicted molar refractivity (Wildman–Crippen MR) is 68.2 cm³/mol. The van der Waals surface area contributed by atoms with E-state index in [1.54, 1.807) is 37.4 Å².